The molecule has 0 heterocycles. The van der Waals surface area contributed by atoms with Gasteiger partial charge in [-0.15, -0.1) is 0 Å². The Kier molecular flexibility index (Phi) is 9.16. The number of hydrogen-bond donors (Lipinski definition) is 2. The molecule has 0 saturated heterocycles. The molecule has 0 radical (unpaired) electrons. The molecular weight excluding hydrogens is 555 g/mol. The van der Waals surface area contributed by atoms with Crippen molar-refractivity contribution in [2.24, 2.45) is 0 Å². The highest BCUT2D eigenvalue weighted by Crippen LogP contribution is 2.38. The molecule has 4 aromatic carbocycles. The van der Waals surface area contributed by atoms with Gasteiger partial charge in [0.2, 0.25) is 0 Å². The van der Waals surface area contributed by atoms with Crippen molar-refractivity contribution in [1.82, 2.24) is 0 Å². The Balaban J connectivity index is 0.00000103. The van der Waals surface area contributed by atoms with Crippen molar-refractivity contribution in [2.45, 2.75) is 26.2 Å². The second kappa shape index (κ2) is 12.0. The molecule has 3 nitrogen and oxygen atoms in total. The van der Waals surface area contributed by atoms with Crippen LogP contribution in [0.25, 0.3) is 22.3 Å². The second-order valence-corrected chi connectivity index (χ2v) is 8.44. The van der Waals surface area contributed by atoms with Crippen LogP contribution in [-0.2, 0) is 6.11 Å². The van der Waals surface area contributed by atoms with Crippen LogP contribution in [-0.4, -0.2) is 16.5 Å². The number of aryl methyl sites for hydroxylation is 1. The summed E-state index contributed by atoms with van der Waals surface area (Å²) in [6.07, 6.45) is -5.80. The molecule has 0 fully saturated rings. The SMILES string of the molecule is CC(O)O.Cc1ccc(-c2cc(F)c(C(F)(F)Oc3ccc(-c4cc(F)c(F)c(F)c4)c(F)c3)c(F)c2)c(F)c1. The van der Waals surface area contributed by atoms with E-state index in [0.29, 0.717) is 35.9 Å². The number of benzene rings is 4. The first-order valence-corrected chi connectivity index (χ1v) is 11.2. The van der Waals surface area contributed by atoms with Crippen molar-refractivity contribution < 1.29 is 54.5 Å². The molecule has 0 saturated carbocycles. The van der Waals surface area contributed by atoms with Crippen molar-refractivity contribution in [3.05, 3.63) is 113 Å². The van der Waals surface area contributed by atoms with Gasteiger partial charge in [-0.3, -0.25) is 0 Å². The molecule has 0 amide bonds. The fourth-order valence-corrected chi connectivity index (χ4v) is 3.56. The van der Waals surface area contributed by atoms with Crippen LogP contribution in [0.5, 0.6) is 5.75 Å². The van der Waals surface area contributed by atoms with Crippen LogP contribution in [0.2, 0.25) is 0 Å². The van der Waals surface area contributed by atoms with Gasteiger partial charge < -0.3 is 14.9 Å². The first kappa shape index (κ1) is 30.5. The van der Waals surface area contributed by atoms with Gasteiger partial charge in [0.15, 0.2) is 17.5 Å². The number of halogens is 9. The highest BCUT2D eigenvalue weighted by molar-refractivity contribution is 5.66. The lowest BCUT2D eigenvalue weighted by atomic mass is 10.0. The van der Waals surface area contributed by atoms with E-state index >= 15 is 0 Å². The molecule has 12 heteroatoms. The smallest absolute Gasteiger partial charge is 0.429 e. The summed E-state index contributed by atoms with van der Waals surface area (Å²) in [5.74, 6) is -11.5. The fourth-order valence-electron chi connectivity index (χ4n) is 3.56. The maximum absolute atomic E-state index is 14.7. The zero-order chi connectivity index (χ0) is 29.9. The minimum Gasteiger partial charge on any atom is -0.429 e. The van der Waals surface area contributed by atoms with Crippen LogP contribution in [0.15, 0.2) is 60.7 Å². The molecule has 0 aromatic heterocycles. The number of aliphatic hydroxyl groups is 2. The molecule has 212 valence electrons. The van der Waals surface area contributed by atoms with Crippen molar-refractivity contribution in [3.8, 4) is 28.0 Å². The lowest BCUT2D eigenvalue weighted by molar-refractivity contribution is -0.189. The Morgan fingerprint density at radius 2 is 1.05 bits per heavy atom. The third kappa shape index (κ3) is 6.93. The van der Waals surface area contributed by atoms with E-state index in [4.69, 9.17) is 10.2 Å². The largest absolute Gasteiger partial charge is 0.432 e. The Bertz CT molecular complexity index is 1490. The number of rotatable bonds is 5. The van der Waals surface area contributed by atoms with E-state index in [2.05, 4.69) is 4.74 Å². The molecule has 40 heavy (non-hydrogen) atoms. The lowest BCUT2D eigenvalue weighted by Crippen LogP contribution is -2.25. The van der Waals surface area contributed by atoms with E-state index in [0.717, 1.165) is 18.2 Å². The molecule has 0 aliphatic rings. The number of aliphatic hydroxyl groups excluding tert-OH is 1. The van der Waals surface area contributed by atoms with Gasteiger partial charge in [0.1, 0.15) is 40.9 Å². The van der Waals surface area contributed by atoms with Gasteiger partial charge in [-0.25, -0.2) is 30.7 Å². The predicted molar refractivity (Wildman–Crippen MR) is 127 cm³/mol. The van der Waals surface area contributed by atoms with E-state index in [-0.39, 0.29) is 11.1 Å². The topological polar surface area (TPSA) is 49.7 Å². The van der Waals surface area contributed by atoms with E-state index < -0.39 is 75.6 Å². The van der Waals surface area contributed by atoms with Crippen LogP contribution < -0.4 is 4.74 Å². The molecule has 4 aromatic rings. The van der Waals surface area contributed by atoms with E-state index in [1.165, 1.54) is 19.1 Å². The highest BCUT2D eigenvalue weighted by Gasteiger charge is 2.41. The van der Waals surface area contributed by atoms with Crippen LogP contribution >= 0.6 is 0 Å². The summed E-state index contributed by atoms with van der Waals surface area (Å²) in [5, 5.41) is 15.2. The third-order valence-corrected chi connectivity index (χ3v) is 5.25. The monoisotopic (exact) mass is 574 g/mol. The Morgan fingerprint density at radius 3 is 1.50 bits per heavy atom. The number of alkyl halides is 2. The molecule has 0 atom stereocenters. The molecule has 0 aliphatic carbocycles. The molecule has 0 spiro atoms. The zero-order valence-electron chi connectivity index (χ0n) is 20.6. The normalized spacial score (nSPS) is 11.3. The van der Waals surface area contributed by atoms with Gasteiger partial charge in [-0.2, -0.15) is 8.78 Å². The molecule has 0 unspecified atom stereocenters. The van der Waals surface area contributed by atoms with E-state index in [1.54, 1.807) is 6.92 Å². The minimum atomic E-state index is -4.64. The van der Waals surface area contributed by atoms with Gasteiger partial charge in [0.25, 0.3) is 0 Å². The summed E-state index contributed by atoms with van der Waals surface area (Å²) in [7, 11) is 0. The summed E-state index contributed by atoms with van der Waals surface area (Å²) >= 11 is 0. The standard InChI is InChI=1S/C26H13F9O.C2H6O2/c1-12-2-4-16(18(27)6-12)13-7-20(29)24(21(30)8-13)26(34,35)36-15-3-5-17(19(28)11-15)14-9-22(31)25(33)23(32)10-14;1-2(3)4/h2-11H,1H3;2-4H,1H3. The Labute approximate surface area is 221 Å². The number of ether oxygens (including phenoxy) is 1. The lowest BCUT2D eigenvalue weighted by Gasteiger charge is -2.20. The molecule has 0 aliphatic heterocycles. The van der Waals surface area contributed by atoms with Crippen LogP contribution in [0, 0.1) is 47.6 Å². The first-order valence-electron chi connectivity index (χ1n) is 11.2. The third-order valence-electron chi connectivity index (χ3n) is 5.25. The quantitative estimate of drug-likeness (QED) is 0.146. The van der Waals surface area contributed by atoms with Crippen molar-refractivity contribution >= 4 is 0 Å². The fraction of sp³-hybridized carbons (Fsp3) is 0.143. The van der Waals surface area contributed by atoms with Crippen molar-refractivity contribution in [3.63, 3.8) is 0 Å². The van der Waals surface area contributed by atoms with E-state index in [1.807, 2.05) is 0 Å². The minimum absolute atomic E-state index is 0.222. The van der Waals surface area contributed by atoms with Crippen molar-refractivity contribution in [2.75, 3.05) is 0 Å². The van der Waals surface area contributed by atoms with Gasteiger partial charge in [0.05, 0.1) is 0 Å². The molecule has 0 bridgehead atoms. The average molecular weight is 574 g/mol. The Hall–Kier alpha value is -4.03. The maximum atomic E-state index is 14.7. The van der Waals surface area contributed by atoms with Gasteiger partial charge in [-0.05, 0) is 73.0 Å². The van der Waals surface area contributed by atoms with Crippen molar-refractivity contribution in [1.29, 1.82) is 0 Å². The summed E-state index contributed by atoms with van der Waals surface area (Å²) in [5.41, 5.74) is -2.74. The van der Waals surface area contributed by atoms with Crippen LogP contribution in [0.4, 0.5) is 39.5 Å². The van der Waals surface area contributed by atoms with Crippen LogP contribution in [0.3, 0.4) is 0 Å². The second-order valence-electron chi connectivity index (χ2n) is 8.44. The van der Waals surface area contributed by atoms with Crippen LogP contribution in [0.1, 0.15) is 18.1 Å². The highest BCUT2D eigenvalue weighted by atomic mass is 19.3. The molecule has 4 rings (SSSR count). The summed E-state index contributed by atoms with van der Waals surface area (Å²) in [6.45, 7) is 2.86. The average Bonchev–Trinajstić information content (AvgIpc) is 2.81. The first-order chi connectivity index (χ1) is 18.6. The Morgan fingerprint density at radius 1 is 0.625 bits per heavy atom. The maximum Gasteiger partial charge on any atom is 0.432 e. The summed E-state index contributed by atoms with van der Waals surface area (Å²) < 4.78 is 132. The molecule has 2 N–H and O–H groups in total. The van der Waals surface area contributed by atoms with Gasteiger partial charge in [0, 0.05) is 17.2 Å². The molecular formula is C28H19F9O3. The number of hydrogen-bond acceptors (Lipinski definition) is 3. The van der Waals surface area contributed by atoms with Gasteiger partial charge >= 0.3 is 6.11 Å². The zero-order valence-corrected chi connectivity index (χ0v) is 20.6. The predicted octanol–water partition coefficient (Wildman–Crippen LogP) is 7.75. The summed E-state index contributed by atoms with van der Waals surface area (Å²) in [6, 6.07) is 7.76. The van der Waals surface area contributed by atoms with E-state index in [9.17, 15) is 39.5 Å². The van der Waals surface area contributed by atoms with Gasteiger partial charge in [-0.1, -0.05) is 12.1 Å². The summed E-state index contributed by atoms with van der Waals surface area (Å²) in [4.78, 5) is 0.